The Morgan fingerprint density at radius 3 is 2.04 bits per heavy atom. The summed E-state index contributed by atoms with van der Waals surface area (Å²) in [6, 6.07) is 7.49. The highest BCUT2D eigenvalue weighted by Gasteiger charge is 1.99. The van der Waals surface area contributed by atoms with Gasteiger partial charge in [0.1, 0.15) is 11.5 Å². The van der Waals surface area contributed by atoms with Gasteiger partial charge in [0.05, 0.1) is 13.7 Å². The van der Waals surface area contributed by atoms with E-state index in [1.165, 1.54) is 32.1 Å². The molecule has 0 spiro atoms. The molecule has 0 radical (unpaired) electrons. The highest BCUT2D eigenvalue weighted by molar-refractivity contribution is 5.73. The lowest BCUT2D eigenvalue weighted by atomic mass is 10.1. The number of carbonyl (C=O) groups is 1. The number of ether oxygens (including phenoxy) is 2. The topological polar surface area (TPSA) is 59.6 Å². The Kier molecular flexibility index (Phi) is 12.2. The molecule has 0 unspecified atom stereocenters. The van der Waals surface area contributed by atoms with Crippen LogP contribution in [0.5, 0.6) is 11.5 Å². The van der Waals surface area contributed by atoms with E-state index >= 15 is 0 Å². The second-order valence-electron chi connectivity index (χ2n) is 6.18. The van der Waals surface area contributed by atoms with Crippen LogP contribution in [-0.2, 0) is 0 Å². The average molecular weight is 351 g/mol. The van der Waals surface area contributed by atoms with Gasteiger partial charge >= 0.3 is 6.03 Å². The number of urea groups is 1. The van der Waals surface area contributed by atoms with E-state index in [1.807, 2.05) is 24.3 Å². The normalized spacial score (nSPS) is 10.3. The fraction of sp³-hybridized carbons (Fsp3) is 0.650. The molecule has 1 rings (SSSR count). The maximum atomic E-state index is 11.6. The monoisotopic (exact) mass is 350 g/mol. The van der Waals surface area contributed by atoms with E-state index in [-0.39, 0.29) is 6.03 Å². The molecule has 0 aromatic heterocycles. The van der Waals surface area contributed by atoms with E-state index in [9.17, 15) is 4.79 Å². The molecule has 0 saturated carbocycles. The molecular formula is C20H34N2O3. The highest BCUT2D eigenvalue weighted by Crippen LogP contribution is 2.17. The van der Waals surface area contributed by atoms with Gasteiger partial charge < -0.3 is 20.1 Å². The van der Waals surface area contributed by atoms with E-state index in [4.69, 9.17) is 9.47 Å². The summed E-state index contributed by atoms with van der Waals surface area (Å²) in [6.45, 7) is 4.30. The van der Waals surface area contributed by atoms with Gasteiger partial charge in [0.15, 0.2) is 0 Å². The van der Waals surface area contributed by atoms with Crippen molar-refractivity contribution >= 4 is 6.03 Å². The number of hydrogen-bond donors (Lipinski definition) is 2. The summed E-state index contributed by atoms with van der Waals surface area (Å²) in [7, 11) is 1.65. The number of amides is 2. The van der Waals surface area contributed by atoms with Crippen molar-refractivity contribution in [3.05, 3.63) is 24.3 Å². The second kappa shape index (κ2) is 14.4. The first-order valence-corrected chi connectivity index (χ1v) is 9.54. The average Bonchev–Trinajstić information content (AvgIpc) is 2.64. The van der Waals surface area contributed by atoms with Crippen LogP contribution >= 0.6 is 0 Å². The van der Waals surface area contributed by atoms with Crippen molar-refractivity contribution in [1.29, 1.82) is 0 Å². The fourth-order valence-electron chi connectivity index (χ4n) is 2.46. The molecule has 0 fully saturated rings. The standard InChI is InChI=1S/C20H34N2O3/c1-3-4-5-6-7-8-15-21-20(23)22-16-9-10-17-25-19-13-11-18(24-2)12-14-19/h11-14H,3-10,15-17H2,1-2H3,(H2,21,22,23). The van der Waals surface area contributed by atoms with Crippen molar-refractivity contribution in [2.45, 2.75) is 58.3 Å². The Hall–Kier alpha value is -1.91. The van der Waals surface area contributed by atoms with E-state index in [0.717, 1.165) is 37.3 Å². The molecular weight excluding hydrogens is 316 g/mol. The molecule has 0 aliphatic rings. The number of methoxy groups -OCH3 is 1. The molecule has 0 aliphatic heterocycles. The van der Waals surface area contributed by atoms with Gasteiger partial charge in [-0.05, 0) is 43.5 Å². The van der Waals surface area contributed by atoms with E-state index in [2.05, 4.69) is 17.6 Å². The van der Waals surface area contributed by atoms with Gasteiger partial charge in [-0.2, -0.15) is 0 Å². The lowest BCUT2D eigenvalue weighted by molar-refractivity contribution is 0.239. The minimum absolute atomic E-state index is 0.0652. The zero-order valence-electron chi connectivity index (χ0n) is 15.8. The summed E-state index contributed by atoms with van der Waals surface area (Å²) in [4.78, 5) is 11.6. The van der Waals surface area contributed by atoms with Gasteiger partial charge in [-0.3, -0.25) is 0 Å². The zero-order valence-corrected chi connectivity index (χ0v) is 15.8. The molecule has 0 saturated heterocycles. The van der Waals surface area contributed by atoms with Crippen LogP contribution in [-0.4, -0.2) is 32.8 Å². The Morgan fingerprint density at radius 2 is 1.40 bits per heavy atom. The third-order valence-corrected chi connectivity index (χ3v) is 4.00. The van der Waals surface area contributed by atoms with Gasteiger partial charge in [-0.15, -0.1) is 0 Å². The maximum Gasteiger partial charge on any atom is 0.314 e. The highest BCUT2D eigenvalue weighted by atomic mass is 16.5. The van der Waals surface area contributed by atoms with Crippen LogP contribution in [0.2, 0.25) is 0 Å². The zero-order chi connectivity index (χ0) is 18.2. The Bertz CT molecular complexity index is 449. The molecule has 2 amide bonds. The number of hydrogen-bond acceptors (Lipinski definition) is 3. The van der Waals surface area contributed by atoms with Gasteiger partial charge in [0.2, 0.25) is 0 Å². The van der Waals surface area contributed by atoms with Crippen LogP contribution in [0.25, 0.3) is 0 Å². The number of carbonyl (C=O) groups excluding carboxylic acids is 1. The predicted molar refractivity (Wildman–Crippen MR) is 103 cm³/mol. The first-order chi connectivity index (χ1) is 12.3. The Morgan fingerprint density at radius 1 is 0.840 bits per heavy atom. The lowest BCUT2D eigenvalue weighted by Gasteiger charge is -2.09. The summed E-state index contributed by atoms with van der Waals surface area (Å²) in [5, 5.41) is 5.79. The molecule has 2 N–H and O–H groups in total. The summed E-state index contributed by atoms with van der Waals surface area (Å²) in [6.07, 6.45) is 9.23. The van der Waals surface area contributed by atoms with Crippen molar-refractivity contribution < 1.29 is 14.3 Å². The van der Waals surface area contributed by atoms with Crippen molar-refractivity contribution in [3.63, 3.8) is 0 Å². The summed E-state index contributed by atoms with van der Waals surface area (Å²) >= 11 is 0. The quantitative estimate of drug-likeness (QED) is 0.485. The Balaban J connectivity index is 1.90. The third kappa shape index (κ3) is 11.3. The molecule has 5 nitrogen and oxygen atoms in total. The van der Waals surface area contributed by atoms with Gasteiger partial charge in [-0.1, -0.05) is 39.0 Å². The Labute approximate surface area is 152 Å². The number of rotatable bonds is 14. The molecule has 0 heterocycles. The first-order valence-electron chi connectivity index (χ1n) is 9.54. The largest absolute Gasteiger partial charge is 0.497 e. The van der Waals surface area contributed by atoms with Crippen molar-refractivity contribution in [2.75, 3.05) is 26.8 Å². The molecule has 25 heavy (non-hydrogen) atoms. The second-order valence-corrected chi connectivity index (χ2v) is 6.18. The van der Waals surface area contributed by atoms with Crippen molar-refractivity contribution in [3.8, 4) is 11.5 Å². The van der Waals surface area contributed by atoms with Gasteiger partial charge in [0, 0.05) is 13.1 Å². The molecule has 0 atom stereocenters. The molecule has 1 aromatic rings. The fourth-order valence-corrected chi connectivity index (χ4v) is 2.46. The maximum absolute atomic E-state index is 11.6. The van der Waals surface area contributed by atoms with Crippen LogP contribution in [0, 0.1) is 0 Å². The predicted octanol–water partition coefficient (Wildman–Crippen LogP) is 4.51. The van der Waals surface area contributed by atoms with Crippen LogP contribution in [0.15, 0.2) is 24.3 Å². The van der Waals surface area contributed by atoms with Crippen molar-refractivity contribution in [2.24, 2.45) is 0 Å². The van der Waals surface area contributed by atoms with Gasteiger partial charge in [0.25, 0.3) is 0 Å². The molecule has 0 aliphatic carbocycles. The van der Waals surface area contributed by atoms with Crippen LogP contribution in [0.4, 0.5) is 4.79 Å². The summed E-state index contributed by atoms with van der Waals surface area (Å²) in [5.41, 5.74) is 0. The minimum Gasteiger partial charge on any atom is -0.497 e. The summed E-state index contributed by atoms with van der Waals surface area (Å²) in [5.74, 6) is 1.66. The molecule has 0 bridgehead atoms. The lowest BCUT2D eigenvalue weighted by Crippen LogP contribution is -2.36. The smallest absolute Gasteiger partial charge is 0.314 e. The SMILES string of the molecule is CCCCCCCCNC(=O)NCCCCOc1ccc(OC)cc1. The van der Waals surface area contributed by atoms with Crippen LogP contribution in [0.1, 0.15) is 58.3 Å². The summed E-state index contributed by atoms with van der Waals surface area (Å²) < 4.78 is 10.8. The number of unbranched alkanes of at least 4 members (excludes halogenated alkanes) is 6. The first kappa shape index (κ1) is 21.1. The van der Waals surface area contributed by atoms with E-state index in [1.54, 1.807) is 7.11 Å². The van der Waals surface area contributed by atoms with Gasteiger partial charge in [-0.25, -0.2) is 4.79 Å². The molecule has 142 valence electrons. The molecule has 1 aromatic carbocycles. The number of nitrogens with one attached hydrogen (secondary N) is 2. The number of benzene rings is 1. The van der Waals surface area contributed by atoms with Crippen LogP contribution in [0.3, 0.4) is 0 Å². The molecule has 5 heteroatoms. The van der Waals surface area contributed by atoms with E-state index < -0.39 is 0 Å². The minimum atomic E-state index is -0.0652. The van der Waals surface area contributed by atoms with Crippen molar-refractivity contribution in [1.82, 2.24) is 10.6 Å². The third-order valence-electron chi connectivity index (χ3n) is 4.00. The van der Waals surface area contributed by atoms with Crippen LogP contribution < -0.4 is 20.1 Å². The van der Waals surface area contributed by atoms with E-state index in [0.29, 0.717) is 13.2 Å².